The molecule has 1 aromatic carbocycles. The molecule has 1 fully saturated rings. The summed E-state index contributed by atoms with van der Waals surface area (Å²) in [6, 6.07) is 11.7. The number of aliphatic hydroxyl groups is 1. The van der Waals surface area contributed by atoms with Crippen molar-refractivity contribution in [3.8, 4) is 0 Å². The third-order valence-corrected chi connectivity index (χ3v) is 4.59. The lowest BCUT2D eigenvalue weighted by Crippen LogP contribution is -2.39. The lowest BCUT2D eigenvalue weighted by atomic mass is 10.0. The van der Waals surface area contributed by atoms with Crippen LogP contribution in [0.2, 0.25) is 0 Å². The average Bonchev–Trinajstić information content (AvgIpc) is 3.18. The second-order valence-corrected chi connectivity index (χ2v) is 6.71. The number of furan rings is 1. The highest BCUT2D eigenvalue weighted by Gasteiger charge is 2.44. The summed E-state index contributed by atoms with van der Waals surface area (Å²) in [7, 11) is 0. The number of rotatable bonds is 5. The SMILES string of the molecule is Cc1ccc(C(C)(O)CNC(=O)C2CC2c2ccccc2C)o1. The van der Waals surface area contributed by atoms with E-state index in [1.807, 2.05) is 19.1 Å². The molecule has 0 bridgehead atoms. The fraction of sp³-hybridized carbons (Fsp3) is 0.421. The maximum Gasteiger partial charge on any atom is 0.223 e. The fourth-order valence-corrected chi connectivity index (χ4v) is 3.03. The van der Waals surface area contributed by atoms with Crippen molar-refractivity contribution in [2.75, 3.05) is 6.54 Å². The number of carbonyl (C=O) groups is 1. The Morgan fingerprint density at radius 2 is 2.04 bits per heavy atom. The molecular formula is C19H23NO3. The Morgan fingerprint density at radius 3 is 2.70 bits per heavy atom. The number of benzene rings is 1. The number of aryl methyl sites for hydroxylation is 2. The van der Waals surface area contributed by atoms with E-state index in [2.05, 4.69) is 24.4 Å². The van der Waals surface area contributed by atoms with E-state index in [0.29, 0.717) is 11.7 Å². The number of hydrogen-bond acceptors (Lipinski definition) is 3. The molecule has 2 aromatic rings. The van der Waals surface area contributed by atoms with Crippen molar-refractivity contribution in [3.63, 3.8) is 0 Å². The third-order valence-electron chi connectivity index (χ3n) is 4.59. The van der Waals surface area contributed by atoms with Crippen LogP contribution >= 0.6 is 0 Å². The molecule has 1 aromatic heterocycles. The molecule has 4 nitrogen and oxygen atoms in total. The summed E-state index contributed by atoms with van der Waals surface area (Å²) in [5.74, 6) is 1.52. The highest BCUT2D eigenvalue weighted by Crippen LogP contribution is 2.48. The zero-order valence-corrected chi connectivity index (χ0v) is 13.8. The molecule has 0 radical (unpaired) electrons. The molecule has 3 rings (SSSR count). The van der Waals surface area contributed by atoms with Gasteiger partial charge in [0.2, 0.25) is 5.91 Å². The van der Waals surface area contributed by atoms with Crippen molar-refractivity contribution >= 4 is 5.91 Å². The lowest BCUT2D eigenvalue weighted by molar-refractivity contribution is -0.123. The highest BCUT2D eigenvalue weighted by atomic mass is 16.4. The molecule has 23 heavy (non-hydrogen) atoms. The van der Waals surface area contributed by atoms with E-state index in [0.717, 1.165) is 12.2 Å². The summed E-state index contributed by atoms with van der Waals surface area (Å²) in [6.07, 6.45) is 0.874. The van der Waals surface area contributed by atoms with Crippen LogP contribution in [-0.2, 0) is 10.4 Å². The molecule has 1 saturated carbocycles. The van der Waals surface area contributed by atoms with Crippen molar-refractivity contribution in [1.29, 1.82) is 0 Å². The van der Waals surface area contributed by atoms with E-state index in [4.69, 9.17) is 4.42 Å². The Balaban J connectivity index is 1.58. The van der Waals surface area contributed by atoms with Crippen molar-refractivity contribution < 1.29 is 14.3 Å². The molecule has 0 aliphatic heterocycles. The molecule has 2 N–H and O–H groups in total. The van der Waals surface area contributed by atoms with Gasteiger partial charge in [0, 0.05) is 5.92 Å². The topological polar surface area (TPSA) is 62.5 Å². The molecule has 3 atom stereocenters. The van der Waals surface area contributed by atoms with Crippen molar-refractivity contribution in [1.82, 2.24) is 5.32 Å². The molecule has 1 aliphatic rings. The van der Waals surface area contributed by atoms with Gasteiger partial charge in [0.15, 0.2) is 0 Å². The van der Waals surface area contributed by atoms with Gasteiger partial charge in [-0.2, -0.15) is 0 Å². The predicted molar refractivity (Wildman–Crippen MR) is 88.1 cm³/mol. The molecule has 0 spiro atoms. The zero-order valence-electron chi connectivity index (χ0n) is 13.8. The first-order chi connectivity index (χ1) is 10.9. The maximum absolute atomic E-state index is 12.3. The number of carbonyl (C=O) groups excluding carboxylic acids is 1. The number of amides is 1. The minimum atomic E-state index is -1.20. The third kappa shape index (κ3) is 3.32. The first kappa shape index (κ1) is 15.8. The molecule has 122 valence electrons. The van der Waals surface area contributed by atoms with Crippen LogP contribution in [0.25, 0.3) is 0 Å². The van der Waals surface area contributed by atoms with Gasteiger partial charge in [0.25, 0.3) is 0 Å². The van der Waals surface area contributed by atoms with Crippen LogP contribution in [0, 0.1) is 19.8 Å². The van der Waals surface area contributed by atoms with Crippen molar-refractivity contribution in [3.05, 3.63) is 59.0 Å². The Labute approximate surface area is 136 Å². The Bertz CT molecular complexity index is 717. The molecule has 3 unspecified atom stereocenters. The zero-order chi connectivity index (χ0) is 16.6. The minimum absolute atomic E-state index is 0.00167. The monoisotopic (exact) mass is 313 g/mol. The largest absolute Gasteiger partial charge is 0.463 e. The van der Waals surface area contributed by atoms with E-state index < -0.39 is 5.60 Å². The molecular weight excluding hydrogens is 290 g/mol. The van der Waals surface area contributed by atoms with Crippen molar-refractivity contribution in [2.24, 2.45) is 5.92 Å². The van der Waals surface area contributed by atoms with Crippen LogP contribution in [0.3, 0.4) is 0 Å². The van der Waals surface area contributed by atoms with Gasteiger partial charge in [0.05, 0.1) is 6.54 Å². The van der Waals surface area contributed by atoms with E-state index in [-0.39, 0.29) is 18.4 Å². The Hall–Kier alpha value is -2.07. The lowest BCUT2D eigenvalue weighted by Gasteiger charge is -2.21. The van der Waals surface area contributed by atoms with Gasteiger partial charge in [0.1, 0.15) is 17.1 Å². The summed E-state index contributed by atoms with van der Waals surface area (Å²) >= 11 is 0. The first-order valence-electron chi connectivity index (χ1n) is 8.01. The van der Waals surface area contributed by atoms with E-state index in [1.54, 1.807) is 19.1 Å². The van der Waals surface area contributed by atoms with E-state index in [9.17, 15) is 9.90 Å². The summed E-state index contributed by atoms with van der Waals surface area (Å²) in [6.45, 7) is 5.70. The first-order valence-corrected chi connectivity index (χ1v) is 8.01. The second-order valence-electron chi connectivity index (χ2n) is 6.71. The van der Waals surface area contributed by atoms with Gasteiger partial charge >= 0.3 is 0 Å². The smallest absolute Gasteiger partial charge is 0.223 e. The maximum atomic E-state index is 12.3. The summed E-state index contributed by atoms with van der Waals surface area (Å²) in [5.41, 5.74) is 1.28. The van der Waals surface area contributed by atoms with Gasteiger partial charge in [-0.15, -0.1) is 0 Å². The summed E-state index contributed by atoms with van der Waals surface area (Å²) in [4.78, 5) is 12.3. The van der Waals surface area contributed by atoms with Crippen molar-refractivity contribution in [2.45, 2.75) is 38.7 Å². The van der Waals surface area contributed by atoms with Crippen LogP contribution in [0.1, 0.15) is 41.9 Å². The van der Waals surface area contributed by atoms with Gasteiger partial charge in [-0.1, -0.05) is 24.3 Å². The second kappa shape index (κ2) is 5.85. The molecule has 0 saturated heterocycles. The van der Waals surface area contributed by atoms with E-state index in [1.165, 1.54) is 11.1 Å². The molecule has 1 heterocycles. The van der Waals surface area contributed by atoms with Crippen LogP contribution in [0.15, 0.2) is 40.8 Å². The highest BCUT2D eigenvalue weighted by molar-refractivity contribution is 5.83. The average molecular weight is 313 g/mol. The fourth-order valence-electron chi connectivity index (χ4n) is 3.03. The van der Waals surface area contributed by atoms with Crippen LogP contribution in [-0.4, -0.2) is 17.6 Å². The van der Waals surface area contributed by atoms with E-state index >= 15 is 0 Å². The van der Waals surface area contributed by atoms with Gasteiger partial charge < -0.3 is 14.8 Å². The Morgan fingerprint density at radius 1 is 1.30 bits per heavy atom. The Kier molecular flexibility index (Phi) is 4.02. The molecule has 4 heteroatoms. The number of nitrogens with one attached hydrogen (secondary N) is 1. The normalized spacial score (nSPS) is 22.4. The summed E-state index contributed by atoms with van der Waals surface area (Å²) in [5, 5.41) is 13.3. The van der Waals surface area contributed by atoms with Crippen LogP contribution < -0.4 is 5.32 Å². The summed E-state index contributed by atoms with van der Waals surface area (Å²) < 4.78 is 5.46. The predicted octanol–water partition coefficient (Wildman–Crippen LogP) is 3.02. The van der Waals surface area contributed by atoms with Crippen LogP contribution in [0.5, 0.6) is 0 Å². The molecule has 1 aliphatic carbocycles. The standard InChI is InChI=1S/C19H23NO3/c1-12-6-4-5-7-14(12)15-10-16(15)18(21)20-11-19(3,22)17-9-8-13(2)23-17/h4-9,15-16,22H,10-11H2,1-3H3,(H,20,21). The van der Waals surface area contributed by atoms with Gasteiger partial charge in [-0.25, -0.2) is 0 Å². The van der Waals surface area contributed by atoms with Gasteiger partial charge in [-0.3, -0.25) is 4.79 Å². The van der Waals surface area contributed by atoms with Crippen LogP contribution in [0.4, 0.5) is 0 Å². The minimum Gasteiger partial charge on any atom is -0.463 e. The quantitative estimate of drug-likeness (QED) is 0.892. The molecule has 1 amide bonds. The van der Waals surface area contributed by atoms with Gasteiger partial charge in [-0.05, 0) is 56.4 Å². The number of hydrogen-bond donors (Lipinski definition) is 2.